The maximum atomic E-state index is 4.60. The Hall–Kier alpha value is -2.10. The van der Waals surface area contributed by atoms with Crippen molar-refractivity contribution in [3.8, 4) is 11.4 Å². The van der Waals surface area contributed by atoms with E-state index < -0.39 is 0 Å². The first-order chi connectivity index (χ1) is 8.29. The van der Waals surface area contributed by atoms with Crippen LogP contribution in [-0.4, -0.2) is 19.4 Å². The fourth-order valence-corrected chi connectivity index (χ4v) is 2.03. The molecule has 0 amide bonds. The van der Waals surface area contributed by atoms with Crippen molar-refractivity contribution in [3.63, 3.8) is 0 Å². The fourth-order valence-electron chi connectivity index (χ4n) is 2.03. The number of aryl methyl sites for hydroxylation is 2. The summed E-state index contributed by atoms with van der Waals surface area (Å²) in [6.07, 6.45) is 0. The van der Waals surface area contributed by atoms with Crippen LogP contribution in [0.3, 0.4) is 0 Å². The third-order valence-corrected chi connectivity index (χ3v) is 2.82. The summed E-state index contributed by atoms with van der Waals surface area (Å²) in [7, 11) is 0. The molecule has 0 aliphatic carbocycles. The highest BCUT2D eigenvalue weighted by Gasteiger charge is 2.12. The highest BCUT2D eigenvalue weighted by atomic mass is 15.4. The van der Waals surface area contributed by atoms with E-state index in [0.717, 1.165) is 29.3 Å². The lowest BCUT2D eigenvalue weighted by Gasteiger charge is -1.96. The predicted octanol–water partition coefficient (Wildman–Crippen LogP) is 2.53. The highest BCUT2D eigenvalue weighted by molar-refractivity contribution is 5.59. The summed E-state index contributed by atoms with van der Waals surface area (Å²) >= 11 is 0. The second-order valence-electron chi connectivity index (χ2n) is 4.06. The Kier molecular flexibility index (Phi) is 2.21. The van der Waals surface area contributed by atoms with Gasteiger partial charge in [-0.05, 0) is 13.8 Å². The van der Waals surface area contributed by atoms with E-state index in [-0.39, 0.29) is 0 Å². The van der Waals surface area contributed by atoms with Gasteiger partial charge >= 0.3 is 0 Å². The Balaban J connectivity index is 2.29. The molecule has 0 saturated heterocycles. The molecule has 4 heteroatoms. The molecule has 86 valence electrons. The summed E-state index contributed by atoms with van der Waals surface area (Å²) in [4.78, 5) is 0. The zero-order valence-corrected chi connectivity index (χ0v) is 9.96. The molecule has 2 aromatic heterocycles. The minimum absolute atomic E-state index is 0.849. The van der Waals surface area contributed by atoms with Crippen molar-refractivity contribution in [1.82, 2.24) is 19.4 Å². The van der Waals surface area contributed by atoms with Crippen LogP contribution in [0.4, 0.5) is 0 Å². The summed E-state index contributed by atoms with van der Waals surface area (Å²) in [5, 5.41) is 9.09. The molecule has 0 aliphatic heterocycles. The van der Waals surface area contributed by atoms with Crippen LogP contribution in [0.1, 0.15) is 12.6 Å². The van der Waals surface area contributed by atoms with Gasteiger partial charge in [-0.25, -0.2) is 4.68 Å². The highest BCUT2D eigenvalue weighted by Crippen LogP contribution is 2.19. The lowest BCUT2D eigenvalue weighted by atomic mass is 10.2. The number of aromatic nitrogens is 4. The zero-order chi connectivity index (χ0) is 11.8. The fraction of sp³-hybridized carbons (Fsp3) is 0.231. The minimum Gasteiger partial charge on any atom is -0.246 e. The van der Waals surface area contributed by atoms with Crippen molar-refractivity contribution in [1.29, 1.82) is 0 Å². The van der Waals surface area contributed by atoms with Crippen molar-refractivity contribution < 1.29 is 0 Å². The smallest absolute Gasteiger partial charge is 0.183 e. The van der Waals surface area contributed by atoms with Crippen LogP contribution >= 0.6 is 0 Å². The standard InChI is InChI=1S/C13H14N4/c1-3-16-12-9-10(2)14-17(12)13(15-16)11-7-5-4-6-8-11/h4-9H,3H2,1-2H3. The van der Waals surface area contributed by atoms with E-state index in [4.69, 9.17) is 0 Å². The van der Waals surface area contributed by atoms with Gasteiger partial charge in [-0.1, -0.05) is 30.3 Å². The molecular weight excluding hydrogens is 212 g/mol. The van der Waals surface area contributed by atoms with E-state index in [9.17, 15) is 0 Å². The van der Waals surface area contributed by atoms with Gasteiger partial charge in [-0.2, -0.15) is 14.7 Å². The maximum Gasteiger partial charge on any atom is 0.183 e. The molecule has 0 fully saturated rings. The van der Waals surface area contributed by atoms with Gasteiger partial charge in [-0.3, -0.25) is 0 Å². The number of rotatable bonds is 2. The van der Waals surface area contributed by atoms with E-state index in [1.54, 1.807) is 0 Å². The summed E-state index contributed by atoms with van der Waals surface area (Å²) in [6, 6.07) is 12.2. The van der Waals surface area contributed by atoms with Gasteiger partial charge in [0.2, 0.25) is 0 Å². The van der Waals surface area contributed by atoms with Crippen LogP contribution in [-0.2, 0) is 6.54 Å². The molecule has 0 unspecified atom stereocenters. The molecule has 0 bridgehead atoms. The van der Waals surface area contributed by atoms with Crippen LogP contribution in [0, 0.1) is 6.92 Å². The van der Waals surface area contributed by atoms with Gasteiger partial charge < -0.3 is 0 Å². The van der Waals surface area contributed by atoms with Crippen molar-refractivity contribution in [2.75, 3.05) is 0 Å². The van der Waals surface area contributed by atoms with Crippen LogP contribution in [0.2, 0.25) is 0 Å². The van der Waals surface area contributed by atoms with Gasteiger partial charge in [0.15, 0.2) is 11.5 Å². The summed E-state index contributed by atoms with van der Waals surface area (Å²) in [5.41, 5.74) is 3.15. The Morgan fingerprint density at radius 3 is 2.59 bits per heavy atom. The monoisotopic (exact) mass is 226 g/mol. The van der Waals surface area contributed by atoms with Crippen molar-refractivity contribution in [3.05, 3.63) is 42.1 Å². The van der Waals surface area contributed by atoms with Crippen molar-refractivity contribution >= 4 is 5.65 Å². The SMILES string of the molecule is CCn1nc(-c2ccccc2)n2nc(C)cc12. The third kappa shape index (κ3) is 1.53. The summed E-state index contributed by atoms with van der Waals surface area (Å²) < 4.78 is 3.89. The third-order valence-electron chi connectivity index (χ3n) is 2.82. The van der Waals surface area contributed by atoms with Gasteiger partial charge in [-0.15, -0.1) is 0 Å². The van der Waals surface area contributed by atoms with Gasteiger partial charge in [0.1, 0.15) is 0 Å². The van der Waals surface area contributed by atoms with Gasteiger partial charge in [0.05, 0.1) is 5.69 Å². The van der Waals surface area contributed by atoms with Crippen molar-refractivity contribution in [2.24, 2.45) is 0 Å². The second-order valence-corrected chi connectivity index (χ2v) is 4.06. The molecule has 0 aliphatic rings. The number of hydrogen-bond donors (Lipinski definition) is 0. The average Bonchev–Trinajstić information content (AvgIpc) is 2.87. The van der Waals surface area contributed by atoms with Gasteiger partial charge in [0.25, 0.3) is 0 Å². The summed E-state index contributed by atoms with van der Waals surface area (Å²) in [5.74, 6) is 0.899. The van der Waals surface area contributed by atoms with Crippen LogP contribution in [0.25, 0.3) is 17.0 Å². The quantitative estimate of drug-likeness (QED) is 0.673. The molecule has 3 rings (SSSR count). The van der Waals surface area contributed by atoms with Crippen LogP contribution in [0.15, 0.2) is 36.4 Å². The zero-order valence-electron chi connectivity index (χ0n) is 9.96. The second kappa shape index (κ2) is 3.73. The Bertz CT molecular complexity index is 649. The lowest BCUT2D eigenvalue weighted by molar-refractivity contribution is 0.686. The number of fused-ring (bicyclic) bond motifs is 1. The average molecular weight is 226 g/mol. The number of benzene rings is 1. The minimum atomic E-state index is 0.849. The van der Waals surface area contributed by atoms with Gasteiger partial charge in [0, 0.05) is 18.2 Å². The Morgan fingerprint density at radius 2 is 1.88 bits per heavy atom. The molecular formula is C13H14N4. The molecule has 4 nitrogen and oxygen atoms in total. The predicted molar refractivity (Wildman–Crippen MR) is 66.8 cm³/mol. The molecule has 3 aromatic rings. The molecule has 0 saturated carbocycles. The largest absolute Gasteiger partial charge is 0.246 e. The Morgan fingerprint density at radius 1 is 1.12 bits per heavy atom. The number of hydrogen-bond acceptors (Lipinski definition) is 2. The van der Waals surface area contributed by atoms with E-state index in [0.29, 0.717) is 0 Å². The first-order valence-electron chi connectivity index (χ1n) is 5.78. The molecule has 17 heavy (non-hydrogen) atoms. The van der Waals surface area contributed by atoms with E-state index in [1.165, 1.54) is 0 Å². The van der Waals surface area contributed by atoms with Crippen LogP contribution in [0.5, 0.6) is 0 Å². The summed E-state index contributed by atoms with van der Waals surface area (Å²) in [6.45, 7) is 4.94. The molecule has 0 atom stereocenters. The first-order valence-corrected chi connectivity index (χ1v) is 5.78. The molecule has 0 N–H and O–H groups in total. The molecule has 2 heterocycles. The molecule has 1 aromatic carbocycles. The van der Waals surface area contributed by atoms with Crippen LogP contribution < -0.4 is 0 Å². The normalized spacial score (nSPS) is 11.2. The van der Waals surface area contributed by atoms with E-state index in [1.807, 2.05) is 34.3 Å². The first kappa shape index (κ1) is 10.1. The van der Waals surface area contributed by atoms with Crippen molar-refractivity contribution in [2.45, 2.75) is 20.4 Å². The maximum absolute atomic E-state index is 4.60. The lowest BCUT2D eigenvalue weighted by Crippen LogP contribution is -1.95. The van der Waals surface area contributed by atoms with E-state index >= 15 is 0 Å². The molecule has 0 spiro atoms. The number of nitrogens with zero attached hydrogens (tertiary/aromatic N) is 4. The molecule has 0 radical (unpaired) electrons. The Labute approximate surface area is 99.5 Å². The topological polar surface area (TPSA) is 35.1 Å². The van der Waals surface area contributed by atoms with E-state index in [2.05, 4.69) is 35.3 Å².